The average molecular weight is 241 g/mol. The number of carbonyl (C=O) groups excluding carboxylic acids is 2. The highest BCUT2D eigenvalue weighted by Crippen LogP contribution is 2.04. The first-order chi connectivity index (χ1) is 8.00. The van der Waals surface area contributed by atoms with Crippen LogP contribution in [0.4, 0.5) is 0 Å². The zero-order valence-electron chi connectivity index (χ0n) is 10.9. The van der Waals surface area contributed by atoms with Gasteiger partial charge < -0.3 is 16.0 Å². The van der Waals surface area contributed by atoms with E-state index in [2.05, 4.69) is 16.0 Å². The van der Waals surface area contributed by atoms with Crippen LogP contribution in [-0.2, 0) is 9.59 Å². The molecule has 0 aliphatic carbocycles. The van der Waals surface area contributed by atoms with Crippen molar-refractivity contribution < 1.29 is 9.59 Å². The highest BCUT2D eigenvalue weighted by Gasteiger charge is 2.24. The Balaban J connectivity index is 2.29. The van der Waals surface area contributed by atoms with Crippen molar-refractivity contribution >= 4 is 11.8 Å². The van der Waals surface area contributed by atoms with Gasteiger partial charge in [-0.05, 0) is 32.2 Å². The molecule has 1 heterocycles. The van der Waals surface area contributed by atoms with Crippen LogP contribution >= 0.6 is 0 Å². The largest absolute Gasteiger partial charge is 0.354 e. The molecule has 1 unspecified atom stereocenters. The van der Waals surface area contributed by atoms with Gasteiger partial charge in [0.1, 0.15) is 6.04 Å². The number of hydrogen-bond acceptors (Lipinski definition) is 3. The standard InChI is InChI=1S/C12H23N3O2/c1-8(2)7-14-11(16)9(3)15-12(17)10-5-4-6-13-10/h8-10,13H,4-7H2,1-3H3,(H,14,16)(H,15,17)/t9?,10-/m0/s1. The molecule has 17 heavy (non-hydrogen) atoms. The molecule has 2 atom stereocenters. The third-order valence-corrected chi connectivity index (χ3v) is 2.81. The Hall–Kier alpha value is -1.10. The van der Waals surface area contributed by atoms with Crippen LogP contribution in [0.2, 0.25) is 0 Å². The van der Waals surface area contributed by atoms with Crippen molar-refractivity contribution in [2.45, 2.75) is 45.7 Å². The highest BCUT2D eigenvalue weighted by atomic mass is 16.2. The van der Waals surface area contributed by atoms with Gasteiger partial charge in [-0.15, -0.1) is 0 Å². The lowest BCUT2D eigenvalue weighted by atomic mass is 10.2. The van der Waals surface area contributed by atoms with E-state index in [-0.39, 0.29) is 17.9 Å². The van der Waals surface area contributed by atoms with E-state index in [1.165, 1.54) is 0 Å². The molecule has 1 rings (SSSR count). The van der Waals surface area contributed by atoms with Crippen molar-refractivity contribution in [2.75, 3.05) is 13.1 Å². The molecule has 98 valence electrons. The number of amides is 2. The molecule has 0 spiro atoms. The smallest absolute Gasteiger partial charge is 0.242 e. The molecule has 2 amide bonds. The molecule has 5 nitrogen and oxygen atoms in total. The lowest BCUT2D eigenvalue weighted by Gasteiger charge is -2.17. The Morgan fingerprint density at radius 1 is 1.35 bits per heavy atom. The molecule has 0 aromatic heterocycles. The van der Waals surface area contributed by atoms with Gasteiger partial charge in [0, 0.05) is 6.54 Å². The van der Waals surface area contributed by atoms with E-state index in [1.807, 2.05) is 13.8 Å². The monoisotopic (exact) mass is 241 g/mol. The van der Waals surface area contributed by atoms with Crippen molar-refractivity contribution in [3.05, 3.63) is 0 Å². The highest BCUT2D eigenvalue weighted by molar-refractivity contribution is 5.89. The quantitative estimate of drug-likeness (QED) is 0.635. The van der Waals surface area contributed by atoms with Crippen molar-refractivity contribution in [1.29, 1.82) is 0 Å². The van der Waals surface area contributed by atoms with Crippen molar-refractivity contribution in [2.24, 2.45) is 5.92 Å². The molecule has 0 bridgehead atoms. The predicted molar refractivity (Wildman–Crippen MR) is 66.5 cm³/mol. The normalized spacial score (nSPS) is 21.3. The van der Waals surface area contributed by atoms with E-state index in [1.54, 1.807) is 6.92 Å². The molecule has 1 aliphatic heterocycles. The van der Waals surface area contributed by atoms with Crippen LogP contribution in [0.25, 0.3) is 0 Å². The minimum atomic E-state index is -0.469. The summed E-state index contributed by atoms with van der Waals surface area (Å²) in [5.41, 5.74) is 0. The van der Waals surface area contributed by atoms with Gasteiger partial charge in [0.2, 0.25) is 11.8 Å². The minimum absolute atomic E-state index is 0.0744. The second-order valence-electron chi connectivity index (χ2n) is 5.02. The topological polar surface area (TPSA) is 70.2 Å². The summed E-state index contributed by atoms with van der Waals surface area (Å²) in [6.07, 6.45) is 1.87. The Morgan fingerprint density at radius 3 is 2.59 bits per heavy atom. The first kappa shape index (κ1) is 14.0. The van der Waals surface area contributed by atoms with Gasteiger partial charge >= 0.3 is 0 Å². The molecular weight excluding hydrogens is 218 g/mol. The van der Waals surface area contributed by atoms with Crippen LogP contribution in [0.5, 0.6) is 0 Å². The number of rotatable bonds is 5. The lowest BCUT2D eigenvalue weighted by molar-refractivity contribution is -0.129. The van der Waals surface area contributed by atoms with E-state index in [0.717, 1.165) is 19.4 Å². The summed E-state index contributed by atoms with van der Waals surface area (Å²) in [5.74, 6) is 0.220. The molecule has 3 N–H and O–H groups in total. The van der Waals surface area contributed by atoms with E-state index < -0.39 is 6.04 Å². The minimum Gasteiger partial charge on any atom is -0.354 e. The molecule has 0 aromatic rings. The van der Waals surface area contributed by atoms with Crippen LogP contribution in [0, 0.1) is 5.92 Å². The average Bonchev–Trinajstić information content (AvgIpc) is 2.78. The fraction of sp³-hybridized carbons (Fsp3) is 0.833. The number of nitrogens with one attached hydrogen (secondary N) is 3. The second-order valence-corrected chi connectivity index (χ2v) is 5.02. The third kappa shape index (κ3) is 4.73. The predicted octanol–water partition coefficient (Wildman–Crippen LogP) is 0.0153. The van der Waals surface area contributed by atoms with Gasteiger partial charge in [-0.3, -0.25) is 9.59 Å². The maximum Gasteiger partial charge on any atom is 0.242 e. The van der Waals surface area contributed by atoms with E-state index >= 15 is 0 Å². The Bertz CT molecular complexity index is 273. The Kier molecular flexibility index (Phi) is 5.41. The van der Waals surface area contributed by atoms with Crippen LogP contribution in [0.1, 0.15) is 33.6 Å². The van der Waals surface area contributed by atoms with Gasteiger partial charge in [0.05, 0.1) is 6.04 Å². The van der Waals surface area contributed by atoms with Crippen molar-refractivity contribution in [3.63, 3.8) is 0 Å². The van der Waals surface area contributed by atoms with Gasteiger partial charge in [0.15, 0.2) is 0 Å². The van der Waals surface area contributed by atoms with Crippen LogP contribution in [0.15, 0.2) is 0 Å². The molecular formula is C12H23N3O2. The lowest BCUT2D eigenvalue weighted by Crippen LogP contribution is -2.50. The maximum absolute atomic E-state index is 11.7. The zero-order chi connectivity index (χ0) is 12.8. The van der Waals surface area contributed by atoms with Crippen molar-refractivity contribution in [1.82, 2.24) is 16.0 Å². The van der Waals surface area contributed by atoms with E-state index in [9.17, 15) is 9.59 Å². The van der Waals surface area contributed by atoms with Gasteiger partial charge in [-0.25, -0.2) is 0 Å². The summed E-state index contributed by atoms with van der Waals surface area (Å²) in [7, 11) is 0. The molecule has 5 heteroatoms. The van der Waals surface area contributed by atoms with E-state index in [0.29, 0.717) is 12.5 Å². The number of carbonyl (C=O) groups is 2. The molecule has 0 saturated carbocycles. The second kappa shape index (κ2) is 6.59. The first-order valence-electron chi connectivity index (χ1n) is 6.32. The summed E-state index contributed by atoms with van der Waals surface area (Å²) < 4.78 is 0. The fourth-order valence-electron chi connectivity index (χ4n) is 1.75. The summed E-state index contributed by atoms with van der Waals surface area (Å²) in [6.45, 7) is 7.30. The van der Waals surface area contributed by atoms with Crippen LogP contribution in [0.3, 0.4) is 0 Å². The molecule has 0 radical (unpaired) electrons. The van der Waals surface area contributed by atoms with Gasteiger partial charge in [-0.1, -0.05) is 13.8 Å². The van der Waals surface area contributed by atoms with Crippen LogP contribution < -0.4 is 16.0 Å². The molecule has 0 aromatic carbocycles. The summed E-state index contributed by atoms with van der Waals surface area (Å²) in [5, 5.41) is 8.64. The Morgan fingerprint density at radius 2 is 2.06 bits per heavy atom. The summed E-state index contributed by atoms with van der Waals surface area (Å²) in [6, 6.07) is -0.598. The maximum atomic E-state index is 11.7. The van der Waals surface area contributed by atoms with Crippen molar-refractivity contribution in [3.8, 4) is 0 Å². The summed E-state index contributed by atoms with van der Waals surface area (Å²) >= 11 is 0. The third-order valence-electron chi connectivity index (χ3n) is 2.81. The SMILES string of the molecule is CC(C)CNC(=O)C(C)NC(=O)[C@@H]1CCCN1. The van der Waals surface area contributed by atoms with Crippen LogP contribution in [-0.4, -0.2) is 37.0 Å². The fourth-order valence-corrected chi connectivity index (χ4v) is 1.75. The van der Waals surface area contributed by atoms with E-state index in [4.69, 9.17) is 0 Å². The Labute approximate surface area is 103 Å². The van der Waals surface area contributed by atoms with Gasteiger partial charge in [0.25, 0.3) is 0 Å². The number of hydrogen-bond donors (Lipinski definition) is 3. The summed E-state index contributed by atoms with van der Waals surface area (Å²) in [4.78, 5) is 23.4. The van der Waals surface area contributed by atoms with Gasteiger partial charge in [-0.2, -0.15) is 0 Å². The zero-order valence-corrected chi connectivity index (χ0v) is 10.9. The molecule has 1 saturated heterocycles. The first-order valence-corrected chi connectivity index (χ1v) is 6.32. The molecule has 1 aliphatic rings. The molecule has 1 fully saturated rings.